The number of rotatable bonds is 2. The number of allylic oxidation sites excluding steroid dienone is 1. The zero-order valence-electron chi connectivity index (χ0n) is 20.1. The molecular weight excluding hydrogens is 394 g/mol. The third-order valence-corrected chi connectivity index (χ3v) is 10.2. The Morgan fingerprint density at radius 1 is 1.06 bits per heavy atom. The molecule has 32 heavy (non-hydrogen) atoms. The Bertz CT molecular complexity index is 971. The van der Waals surface area contributed by atoms with E-state index in [1.807, 2.05) is 14.0 Å². The minimum absolute atomic E-state index is 0.132. The molecule has 1 aromatic rings. The second-order valence-corrected chi connectivity index (χ2v) is 11.4. The number of aliphatic hydroxyl groups is 2. The van der Waals surface area contributed by atoms with Crippen LogP contribution in [0, 0.1) is 40.4 Å². The Labute approximate surface area is 193 Å². The van der Waals surface area contributed by atoms with Crippen molar-refractivity contribution in [1.29, 1.82) is 0 Å². The molecule has 0 saturated heterocycles. The number of nitrogens with one attached hydrogen (secondary N) is 1. The summed E-state index contributed by atoms with van der Waals surface area (Å²) in [6.07, 6.45) is 8.93. The van der Waals surface area contributed by atoms with E-state index in [1.165, 1.54) is 17.6 Å². The Balaban J connectivity index is 1.64. The van der Waals surface area contributed by atoms with Crippen LogP contribution in [0.2, 0.25) is 0 Å². The molecule has 3 saturated carbocycles. The van der Waals surface area contributed by atoms with Crippen LogP contribution in [0.25, 0.3) is 0 Å². The van der Waals surface area contributed by atoms with Crippen molar-refractivity contribution in [2.45, 2.75) is 83.3 Å². The summed E-state index contributed by atoms with van der Waals surface area (Å²) in [4.78, 5) is 0. The molecule has 0 aromatic heterocycles. The van der Waals surface area contributed by atoms with Gasteiger partial charge in [0.05, 0.1) is 6.10 Å². The lowest BCUT2D eigenvalue weighted by atomic mass is 9.43. The number of benzene rings is 1. The van der Waals surface area contributed by atoms with Gasteiger partial charge in [-0.2, -0.15) is 0 Å². The van der Waals surface area contributed by atoms with Gasteiger partial charge in [0.25, 0.3) is 0 Å². The molecule has 4 aliphatic carbocycles. The molecule has 172 valence electrons. The molecule has 0 spiro atoms. The topological polar surface area (TPSA) is 52.5 Å². The summed E-state index contributed by atoms with van der Waals surface area (Å²) in [5, 5.41) is 25.4. The van der Waals surface area contributed by atoms with E-state index in [9.17, 15) is 10.2 Å². The minimum atomic E-state index is -0.889. The molecule has 8 atom stereocenters. The molecule has 0 amide bonds. The molecule has 0 heterocycles. The largest absolute Gasteiger partial charge is 0.389 e. The third kappa shape index (κ3) is 3.02. The van der Waals surface area contributed by atoms with Crippen LogP contribution in [0.4, 0.5) is 5.69 Å². The van der Waals surface area contributed by atoms with E-state index < -0.39 is 5.60 Å². The van der Waals surface area contributed by atoms with Crippen LogP contribution in [0.1, 0.15) is 77.2 Å². The predicted octanol–water partition coefficient (Wildman–Crippen LogP) is 5.50. The van der Waals surface area contributed by atoms with Crippen molar-refractivity contribution in [3.63, 3.8) is 0 Å². The smallest absolute Gasteiger partial charge is 0.131 e. The molecular formula is C29H39NO2. The first kappa shape index (κ1) is 22.1. The van der Waals surface area contributed by atoms with Gasteiger partial charge in [0, 0.05) is 18.2 Å². The zero-order valence-corrected chi connectivity index (χ0v) is 20.1. The summed E-state index contributed by atoms with van der Waals surface area (Å²) in [6, 6.07) is 8.99. The van der Waals surface area contributed by atoms with Gasteiger partial charge >= 0.3 is 0 Å². The van der Waals surface area contributed by atoms with E-state index in [0.717, 1.165) is 44.2 Å². The molecule has 0 aliphatic heterocycles. The summed E-state index contributed by atoms with van der Waals surface area (Å²) in [6.45, 7) is 6.67. The van der Waals surface area contributed by atoms with Crippen molar-refractivity contribution in [2.24, 2.45) is 28.6 Å². The minimum Gasteiger partial charge on any atom is -0.389 e. The van der Waals surface area contributed by atoms with E-state index in [0.29, 0.717) is 23.7 Å². The SMILES string of the molecule is CC#C[C@]1(O)CC[C@H]2[C@@H]3CCC4=CC(O)CC[C@]4(C)[C@H]3[C@@H](c3ccc(NC)cc3)C[C@@]21C. The highest BCUT2D eigenvalue weighted by Gasteiger charge is 2.66. The summed E-state index contributed by atoms with van der Waals surface area (Å²) >= 11 is 0. The van der Waals surface area contributed by atoms with Crippen LogP contribution in [0.3, 0.4) is 0 Å². The van der Waals surface area contributed by atoms with Gasteiger partial charge in [0.1, 0.15) is 5.60 Å². The molecule has 0 radical (unpaired) electrons. The lowest BCUT2D eigenvalue weighted by Crippen LogP contribution is -2.57. The van der Waals surface area contributed by atoms with Gasteiger partial charge in [-0.25, -0.2) is 0 Å². The molecule has 1 unspecified atom stereocenters. The quantitative estimate of drug-likeness (QED) is 0.426. The molecule has 3 N–H and O–H groups in total. The van der Waals surface area contributed by atoms with Gasteiger partial charge in [-0.3, -0.25) is 0 Å². The summed E-state index contributed by atoms with van der Waals surface area (Å²) < 4.78 is 0. The van der Waals surface area contributed by atoms with Crippen molar-refractivity contribution in [2.75, 3.05) is 12.4 Å². The van der Waals surface area contributed by atoms with Crippen LogP contribution in [-0.2, 0) is 0 Å². The second kappa shape index (κ2) is 7.64. The fourth-order valence-corrected chi connectivity index (χ4v) is 8.53. The maximum Gasteiger partial charge on any atom is 0.131 e. The van der Waals surface area contributed by atoms with E-state index in [2.05, 4.69) is 61.3 Å². The Kier molecular flexibility index (Phi) is 5.27. The highest BCUT2D eigenvalue weighted by atomic mass is 16.3. The standard InChI is InChI=1S/C29H39NO2/c1-5-14-29(32)16-13-25-23-11-8-20-17-22(31)12-15-27(20,2)26(23)24(18-28(25,29)3)19-6-9-21(30-4)10-7-19/h6-7,9-10,17,22-26,30-32H,8,11-13,15-16,18H2,1-4H3/t22?,23-,24+,25-,26+,27-,28-,29-/m0/s1. The molecule has 4 aliphatic rings. The van der Waals surface area contributed by atoms with E-state index in [-0.39, 0.29) is 16.9 Å². The average molecular weight is 434 g/mol. The molecule has 3 nitrogen and oxygen atoms in total. The maximum atomic E-state index is 11.8. The second-order valence-electron chi connectivity index (χ2n) is 11.4. The maximum absolute atomic E-state index is 11.8. The molecule has 3 fully saturated rings. The Morgan fingerprint density at radius 3 is 2.50 bits per heavy atom. The number of anilines is 1. The van der Waals surface area contributed by atoms with Crippen molar-refractivity contribution in [1.82, 2.24) is 0 Å². The van der Waals surface area contributed by atoms with Gasteiger partial charge in [-0.1, -0.05) is 43.5 Å². The first-order valence-electron chi connectivity index (χ1n) is 12.6. The van der Waals surface area contributed by atoms with Crippen LogP contribution in [0.5, 0.6) is 0 Å². The van der Waals surface area contributed by atoms with Crippen LogP contribution in [-0.4, -0.2) is 29.0 Å². The Morgan fingerprint density at radius 2 is 1.81 bits per heavy atom. The van der Waals surface area contributed by atoms with Gasteiger partial charge in [0.15, 0.2) is 0 Å². The molecule has 0 bridgehead atoms. The Hall–Kier alpha value is -1.76. The van der Waals surface area contributed by atoms with Crippen molar-refractivity contribution >= 4 is 5.69 Å². The van der Waals surface area contributed by atoms with Crippen LogP contribution >= 0.6 is 0 Å². The lowest BCUT2D eigenvalue weighted by Gasteiger charge is -2.62. The summed E-state index contributed by atoms with van der Waals surface area (Å²) in [5.41, 5.74) is 3.07. The fourth-order valence-electron chi connectivity index (χ4n) is 8.53. The van der Waals surface area contributed by atoms with Gasteiger partial charge in [0.2, 0.25) is 0 Å². The van der Waals surface area contributed by atoms with E-state index in [1.54, 1.807) is 0 Å². The van der Waals surface area contributed by atoms with E-state index >= 15 is 0 Å². The van der Waals surface area contributed by atoms with Crippen molar-refractivity contribution < 1.29 is 10.2 Å². The number of aliphatic hydroxyl groups excluding tert-OH is 1. The van der Waals surface area contributed by atoms with Gasteiger partial charge < -0.3 is 15.5 Å². The normalized spacial score (nSPS) is 44.9. The molecule has 3 heteroatoms. The number of fused-ring (bicyclic) bond motifs is 5. The fraction of sp³-hybridized carbons (Fsp3) is 0.655. The van der Waals surface area contributed by atoms with Gasteiger partial charge in [-0.05, 0) is 98.7 Å². The third-order valence-electron chi connectivity index (χ3n) is 10.2. The highest BCUT2D eigenvalue weighted by Crippen LogP contribution is 2.70. The first-order chi connectivity index (χ1) is 15.3. The first-order valence-corrected chi connectivity index (χ1v) is 12.6. The monoisotopic (exact) mass is 433 g/mol. The highest BCUT2D eigenvalue weighted by molar-refractivity contribution is 5.45. The van der Waals surface area contributed by atoms with Crippen molar-refractivity contribution in [3.8, 4) is 11.8 Å². The van der Waals surface area contributed by atoms with Gasteiger partial charge in [-0.15, -0.1) is 5.92 Å². The summed E-state index contributed by atoms with van der Waals surface area (Å²) in [5.74, 6) is 8.37. The predicted molar refractivity (Wildman–Crippen MR) is 130 cm³/mol. The molecule has 5 rings (SSSR count). The van der Waals surface area contributed by atoms with Crippen LogP contribution in [0.15, 0.2) is 35.9 Å². The zero-order chi connectivity index (χ0) is 22.7. The van der Waals surface area contributed by atoms with Crippen molar-refractivity contribution in [3.05, 3.63) is 41.5 Å². The summed E-state index contributed by atoms with van der Waals surface area (Å²) in [7, 11) is 1.96. The number of hydrogen-bond donors (Lipinski definition) is 3. The average Bonchev–Trinajstić information content (AvgIpc) is 3.04. The number of hydrogen-bond acceptors (Lipinski definition) is 3. The lowest BCUT2D eigenvalue weighted by molar-refractivity contribution is -0.112. The molecule has 1 aromatic carbocycles. The van der Waals surface area contributed by atoms with Crippen LogP contribution < -0.4 is 5.32 Å². The van der Waals surface area contributed by atoms with E-state index in [4.69, 9.17) is 0 Å².